The molecular weight excluding hydrogens is 186 g/mol. The van der Waals surface area contributed by atoms with Gasteiger partial charge in [-0.2, -0.15) is 5.26 Å². The molecule has 0 amide bonds. The zero-order chi connectivity index (χ0) is 10.7. The molecule has 1 aromatic carbocycles. The molecule has 1 heterocycles. The lowest BCUT2D eigenvalue weighted by atomic mass is 10.0. The van der Waals surface area contributed by atoms with Gasteiger partial charge in [0.25, 0.3) is 0 Å². The number of pyridine rings is 1. The molecule has 1 aromatic heterocycles. The van der Waals surface area contributed by atoms with Gasteiger partial charge in [0.1, 0.15) is 0 Å². The van der Waals surface area contributed by atoms with Crippen LogP contribution in [-0.2, 0) is 0 Å². The molecule has 0 radical (unpaired) electrons. The van der Waals surface area contributed by atoms with Gasteiger partial charge in [0.2, 0.25) is 0 Å². The predicted octanol–water partition coefficient (Wildman–Crippen LogP) is 2.15. The van der Waals surface area contributed by atoms with Gasteiger partial charge in [-0.05, 0) is 17.7 Å². The third-order valence-electron chi connectivity index (χ3n) is 2.37. The van der Waals surface area contributed by atoms with E-state index in [1.54, 1.807) is 6.20 Å². The highest BCUT2D eigenvalue weighted by Crippen LogP contribution is 2.18. The highest BCUT2D eigenvalue weighted by atomic mass is 14.7. The van der Waals surface area contributed by atoms with Crippen LogP contribution in [0.2, 0.25) is 0 Å². The van der Waals surface area contributed by atoms with E-state index in [0.717, 1.165) is 16.5 Å². The lowest BCUT2D eigenvalue weighted by Gasteiger charge is -2.08. The second-order valence-electron chi connectivity index (χ2n) is 3.42. The Hall–Kier alpha value is -1.92. The largest absolute Gasteiger partial charge is 0.323 e. The van der Waals surface area contributed by atoms with Crippen molar-refractivity contribution in [2.45, 2.75) is 12.5 Å². The van der Waals surface area contributed by atoms with E-state index < -0.39 is 0 Å². The van der Waals surface area contributed by atoms with Crippen LogP contribution in [0.25, 0.3) is 10.9 Å². The molecule has 0 saturated carbocycles. The molecule has 2 N–H and O–H groups in total. The van der Waals surface area contributed by atoms with Gasteiger partial charge in [0.05, 0.1) is 18.0 Å². The van der Waals surface area contributed by atoms with E-state index in [-0.39, 0.29) is 6.04 Å². The summed E-state index contributed by atoms with van der Waals surface area (Å²) in [5.41, 5.74) is 7.73. The summed E-state index contributed by atoms with van der Waals surface area (Å²) in [7, 11) is 0. The molecule has 15 heavy (non-hydrogen) atoms. The van der Waals surface area contributed by atoms with Crippen molar-refractivity contribution in [3.63, 3.8) is 0 Å². The van der Waals surface area contributed by atoms with Crippen molar-refractivity contribution in [3.8, 4) is 6.07 Å². The van der Waals surface area contributed by atoms with Crippen LogP contribution < -0.4 is 5.73 Å². The smallest absolute Gasteiger partial charge is 0.0705 e. The van der Waals surface area contributed by atoms with Gasteiger partial charge < -0.3 is 5.73 Å². The summed E-state index contributed by atoms with van der Waals surface area (Å²) in [5.74, 6) is 0. The summed E-state index contributed by atoms with van der Waals surface area (Å²) in [6.45, 7) is 0. The third-order valence-corrected chi connectivity index (χ3v) is 2.37. The topological polar surface area (TPSA) is 62.7 Å². The van der Waals surface area contributed by atoms with E-state index >= 15 is 0 Å². The predicted molar refractivity (Wildman–Crippen MR) is 58.9 cm³/mol. The van der Waals surface area contributed by atoms with E-state index in [1.165, 1.54) is 0 Å². The fourth-order valence-electron chi connectivity index (χ4n) is 1.53. The summed E-state index contributed by atoms with van der Waals surface area (Å²) >= 11 is 0. The number of fused-ring (bicyclic) bond motifs is 1. The Morgan fingerprint density at radius 3 is 3.07 bits per heavy atom. The van der Waals surface area contributed by atoms with Crippen molar-refractivity contribution >= 4 is 10.9 Å². The van der Waals surface area contributed by atoms with Gasteiger partial charge in [-0.3, -0.25) is 4.98 Å². The van der Waals surface area contributed by atoms with Gasteiger partial charge in [-0.15, -0.1) is 0 Å². The molecule has 0 aliphatic heterocycles. The Balaban J connectivity index is 2.43. The van der Waals surface area contributed by atoms with Crippen molar-refractivity contribution < 1.29 is 0 Å². The first kappa shape index (κ1) is 9.63. The summed E-state index contributed by atoms with van der Waals surface area (Å²) in [4.78, 5) is 4.25. The Morgan fingerprint density at radius 2 is 2.27 bits per heavy atom. The lowest BCUT2D eigenvalue weighted by Crippen LogP contribution is -2.08. The van der Waals surface area contributed by atoms with E-state index in [9.17, 15) is 0 Å². The van der Waals surface area contributed by atoms with Crippen LogP contribution in [0.5, 0.6) is 0 Å². The van der Waals surface area contributed by atoms with Gasteiger partial charge in [-0.1, -0.05) is 18.2 Å². The molecule has 0 saturated heterocycles. The molecule has 0 bridgehead atoms. The number of benzene rings is 1. The number of nitriles is 1. The molecule has 2 aromatic rings. The molecule has 2 rings (SSSR count). The number of aromatic nitrogens is 1. The first-order valence-corrected chi connectivity index (χ1v) is 4.78. The van der Waals surface area contributed by atoms with Crippen LogP contribution in [0.1, 0.15) is 18.0 Å². The summed E-state index contributed by atoms with van der Waals surface area (Å²) in [6, 6.07) is 11.6. The van der Waals surface area contributed by atoms with Crippen LogP contribution in [-0.4, -0.2) is 4.98 Å². The molecule has 3 nitrogen and oxygen atoms in total. The molecule has 0 fully saturated rings. The average Bonchev–Trinajstić information content (AvgIpc) is 2.29. The fraction of sp³-hybridized carbons (Fsp3) is 0.167. The second-order valence-corrected chi connectivity index (χ2v) is 3.42. The summed E-state index contributed by atoms with van der Waals surface area (Å²) in [6.07, 6.45) is 2.08. The number of rotatable bonds is 2. The highest BCUT2D eigenvalue weighted by molar-refractivity contribution is 5.78. The SMILES string of the molecule is N#CC[C@@H](N)c1ccc2cccnc2c1. The van der Waals surface area contributed by atoms with E-state index in [0.29, 0.717) is 6.42 Å². The van der Waals surface area contributed by atoms with Crippen molar-refractivity contribution in [2.24, 2.45) is 5.73 Å². The maximum atomic E-state index is 8.57. The van der Waals surface area contributed by atoms with E-state index in [2.05, 4.69) is 11.1 Å². The number of nitrogens with zero attached hydrogens (tertiary/aromatic N) is 2. The van der Waals surface area contributed by atoms with Crippen molar-refractivity contribution in [1.29, 1.82) is 5.26 Å². The minimum absolute atomic E-state index is 0.221. The molecular formula is C12H11N3. The zero-order valence-corrected chi connectivity index (χ0v) is 8.22. The van der Waals surface area contributed by atoms with Crippen LogP contribution in [0.3, 0.4) is 0 Å². The standard InChI is InChI=1S/C12H11N3/c13-6-5-11(14)10-4-3-9-2-1-7-15-12(9)8-10/h1-4,7-8,11H,5,14H2/t11-/m1/s1. The highest BCUT2D eigenvalue weighted by Gasteiger charge is 2.05. The van der Waals surface area contributed by atoms with Gasteiger partial charge in [0.15, 0.2) is 0 Å². The average molecular weight is 197 g/mol. The van der Waals surface area contributed by atoms with Crippen LogP contribution >= 0.6 is 0 Å². The number of hydrogen-bond donors (Lipinski definition) is 1. The second kappa shape index (κ2) is 4.07. The molecule has 1 atom stereocenters. The molecule has 0 unspecified atom stereocenters. The maximum absolute atomic E-state index is 8.57. The molecule has 3 heteroatoms. The Morgan fingerprint density at radius 1 is 1.40 bits per heavy atom. The minimum atomic E-state index is -0.221. The first-order chi connectivity index (χ1) is 7.31. The normalized spacial score (nSPS) is 12.3. The zero-order valence-electron chi connectivity index (χ0n) is 8.22. The number of nitrogens with two attached hydrogens (primary N) is 1. The van der Waals surface area contributed by atoms with Crippen LogP contribution in [0.15, 0.2) is 36.5 Å². The summed E-state index contributed by atoms with van der Waals surface area (Å²) in [5, 5.41) is 9.65. The number of hydrogen-bond acceptors (Lipinski definition) is 3. The third kappa shape index (κ3) is 1.95. The maximum Gasteiger partial charge on any atom is 0.0705 e. The summed E-state index contributed by atoms with van der Waals surface area (Å²) < 4.78 is 0. The van der Waals surface area contributed by atoms with Crippen LogP contribution in [0, 0.1) is 11.3 Å². The van der Waals surface area contributed by atoms with Crippen LogP contribution in [0.4, 0.5) is 0 Å². The van der Waals surface area contributed by atoms with Crippen molar-refractivity contribution in [1.82, 2.24) is 4.98 Å². The molecule has 74 valence electrons. The fourth-order valence-corrected chi connectivity index (χ4v) is 1.53. The van der Waals surface area contributed by atoms with Crippen molar-refractivity contribution in [3.05, 3.63) is 42.1 Å². The van der Waals surface area contributed by atoms with Gasteiger partial charge in [-0.25, -0.2) is 0 Å². The molecule has 0 spiro atoms. The first-order valence-electron chi connectivity index (χ1n) is 4.78. The Kier molecular flexibility index (Phi) is 2.61. The quantitative estimate of drug-likeness (QED) is 0.802. The Labute approximate surface area is 88.2 Å². The molecule has 0 aliphatic rings. The molecule has 0 aliphatic carbocycles. The monoisotopic (exact) mass is 197 g/mol. The minimum Gasteiger partial charge on any atom is -0.323 e. The van der Waals surface area contributed by atoms with E-state index in [1.807, 2.05) is 30.3 Å². The lowest BCUT2D eigenvalue weighted by molar-refractivity contribution is 0.749. The Bertz CT molecular complexity index is 514. The van der Waals surface area contributed by atoms with Gasteiger partial charge >= 0.3 is 0 Å². The van der Waals surface area contributed by atoms with E-state index in [4.69, 9.17) is 11.0 Å². The van der Waals surface area contributed by atoms with Gasteiger partial charge in [0, 0.05) is 17.6 Å². The van der Waals surface area contributed by atoms with Crippen molar-refractivity contribution in [2.75, 3.05) is 0 Å².